The fourth-order valence-electron chi connectivity index (χ4n) is 19.3. The summed E-state index contributed by atoms with van der Waals surface area (Å²) >= 11 is 0. The Morgan fingerprint density at radius 2 is 1.18 bits per heavy atom. The summed E-state index contributed by atoms with van der Waals surface area (Å²) in [4.78, 5) is 0. The Hall–Kier alpha value is -0.340. The number of aliphatic hydroxyl groups excluding tert-OH is 1. The van der Waals surface area contributed by atoms with E-state index in [1.165, 1.54) is 116 Å². The van der Waals surface area contributed by atoms with E-state index < -0.39 is 11.7 Å². The Bertz CT molecular complexity index is 1410. The number of hydrogen-bond acceptors (Lipinski definition) is 2. The molecule has 8 rings (SSSR count). The van der Waals surface area contributed by atoms with Crippen molar-refractivity contribution in [1.82, 2.24) is 0 Å². The molecular weight excluding hydrogens is 681 g/mol. The van der Waals surface area contributed by atoms with Gasteiger partial charge in [-0.2, -0.15) is 0 Å². The molecule has 0 radical (unpaired) electrons. The smallest absolute Gasteiger partial charge is 0.0759 e. The minimum Gasteiger partial charge on any atom is -0.392 e. The van der Waals surface area contributed by atoms with Gasteiger partial charge in [0.25, 0.3) is 0 Å². The van der Waals surface area contributed by atoms with Crippen LogP contribution < -0.4 is 0 Å². The molecule has 56 heavy (non-hydrogen) atoms. The monoisotopic (exact) mass is 773 g/mol. The summed E-state index contributed by atoms with van der Waals surface area (Å²) in [5.74, 6) is 10.3. The maximum absolute atomic E-state index is 13.9. The third kappa shape index (κ3) is 6.56. The molecule has 0 aliphatic heterocycles. The molecule has 320 valence electrons. The zero-order chi connectivity index (χ0) is 40.0. The first kappa shape index (κ1) is 42.4. The number of allylic oxidation sites excluding steroid dienone is 1. The molecule has 0 spiro atoms. The first-order valence-corrected chi connectivity index (χ1v) is 25.6. The van der Waals surface area contributed by atoms with Gasteiger partial charge in [-0.1, -0.05) is 126 Å². The van der Waals surface area contributed by atoms with Gasteiger partial charge in [-0.05, 0) is 189 Å². The van der Waals surface area contributed by atoms with E-state index in [9.17, 15) is 10.2 Å². The molecule has 8 aliphatic carbocycles. The molecule has 0 bridgehead atoms. The fourth-order valence-corrected chi connectivity index (χ4v) is 19.3. The molecule has 0 amide bonds. The minimum atomic E-state index is -0.761. The third-order valence-corrected chi connectivity index (χ3v) is 22.1. The first-order valence-electron chi connectivity index (χ1n) is 25.6. The van der Waals surface area contributed by atoms with E-state index in [4.69, 9.17) is 0 Å². The lowest BCUT2D eigenvalue weighted by molar-refractivity contribution is -0.259. The lowest BCUT2D eigenvalue weighted by Crippen LogP contribution is -2.68. The standard InChI is InChI=1S/C54H92O2/c1-34(2)14-11-16-36(5)42-23-25-44-40-22-20-39-32-49(55)48(33-52(39,9)46(40)27-30-50(42,44)7)54(56)29-13-18-38-19-21-41-45-26-24-43(37(6)17-12-15-35(3)4)51(45,8)31-28-47(41)53(38,54)10/h20,34-38,40-49,55-56H,11-19,21-33H2,1-10H3/t36-,37-,38?,40+,41+,42-,43-,44+,45+,46+,47+,48?,49?,50-,51-,52+,53+,54?/m1/s1. The average Bonchev–Trinajstić information content (AvgIpc) is 3.69. The average molecular weight is 773 g/mol. The normalized spacial score (nSPS) is 51.0. The van der Waals surface area contributed by atoms with Crippen LogP contribution >= 0.6 is 0 Å². The molecule has 0 saturated heterocycles. The van der Waals surface area contributed by atoms with E-state index in [0.717, 1.165) is 84.9 Å². The van der Waals surface area contributed by atoms with Gasteiger partial charge in [-0.15, -0.1) is 0 Å². The van der Waals surface area contributed by atoms with Crippen LogP contribution in [-0.2, 0) is 0 Å². The molecule has 8 aliphatic rings. The van der Waals surface area contributed by atoms with Crippen molar-refractivity contribution < 1.29 is 10.2 Å². The van der Waals surface area contributed by atoms with Crippen molar-refractivity contribution >= 4 is 0 Å². The van der Waals surface area contributed by atoms with Gasteiger partial charge in [-0.25, -0.2) is 0 Å². The van der Waals surface area contributed by atoms with E-state index in [-0.39, 0.29) is 16.7 Å². The predicted octanol–water partition coefficient (Wildman–Crippen LogP) is 14.5. The summed E-state index contributed by atoms with van der Waals surface area (Å²) in [5.41, 5.74) is 1.83. The molecule has 2 N–H and O–H groups in total. The van der Waals surface area contributed by atoms with Crippen LogP contribution in [0.5, 0.6) is 0 Å². The van der Waals surface area contributed by atoms with Crippen molar-refractivity contribution in [3.8, 4) is 0 Å². The van der Waals surface area contributed by atoms with Gasteiger partial charge >= 0.3 is 0 Å². The second-order valence-corrected chi connectivity index (χ2v) is 25.2. The van der Waals surface area contributed by atoms with E-state index in [0.29, 0.717) is 28.6 Å². The summed E-state index contributed by atoms with van der Waals surface area (Å²) in [6.45, 7) is 25.5. The van der Waals surface area contributed by atoms with E-state index in [1.807, 2.05) is 0 Å². The molecule has 0 heterocycles. The molecule has 0 aromatic heterocycles. The maximum atomic E-state index is 13.9. The molecule has 2 nitrogen and oxygen atoms in total. The van der Waals surface area contributed by atoms with E-state index in [2.05, 4.69) is 75.3 Å². The van der Waals surface area contributed by atoms with Crippen molar-refractivity contribution in [2.75, 3.05) is 0 Å². The molecule has 4 unspecified atom stereocenters. The van der Waals surface area contributed by atoms with E-state index >= 15 is 0 Å². The predicted molar refractivity (Wildman–Crippen MR) is 236 cm³/mol. The molecule has 0 aromatic carbocycles. The summed E-state index contributed by atoms with van der Waals surface area (Å²) in [6.07, 6.45) is 31.0. The van der Waals surface area contributed by atoms with Gasteiger partial charge in [-0.3, -0.25) is 0 Å². The summed E-state index contributed by atoms with van der Waals surface area (Å²) in [7, 11) is 0. The van der Waals surface area contributed by atoms with Crippen LogP contribution in [0.2, 0.25) is 0 Å². The highest BCUT2D eigenvalue weighted by atomic mass is 16.3. The van der Waals surface area contributed by atoms with Crippen LogP contribution in [0.15, 0.2) is 11.6 Å². The summed E-state index contributed by atoms with van der Waals surface area (Å²) < 4.78 is 0. The lowest BCUT2D eigenvalue weighted by Gasteiger charge is -2.68. The second kappa shape index (κ2) is 15.5. The maximum Gasteiger partial charge on any atom is 0.0759 e. The highest BCUT2D eigenvalue weighted by Crippen LogP contribution is 2.73. The van der Waals surface area contributed by atoms with Crippen molar-refractivity contribution in [1.29, 1.82) is 0 Å². The highest BCUT2D eigenvalue weighted by molar-refractivity contribution is 5.29. The summed E-state index contributed by atoms with van der Waals surface area (Å²) in [5, 5.41) is 26.3. The van der Waals surface area contributed by atoms with E-state index in [1.54, 1.807) is 5.57 Å². The van der Waals surface area contributed by atoms with Crippen molar-refractivity contribution in [3.05, 3.63) is 11.6 Å². The van der Waals surface area contributed by atoms with Gasteiger partial charge in [0.2, 0.25) is 0 Å². The number of fused-ring (bicyclic) bond motifs is 10. The zero-order valence-corrected chi connectivity index (χ0v) is 38.7. The van der Waals surface area contributed by atoms with Crippen LogP contribution in [-0.4, -0.2) is 21.9 Å². The Labute approximate surface area is 347 Å². The van der Waals surface area contributed by atoms with Crippen LogP contribution in [0.1, 0.15) is 210 Å². The fraction of sp³-hybridized carbons (Fsp3) is 0.963. The van der Waals surface area contributed by atoms with Gasteiger partial charge in [0.15, 0.2) is 0 Å². The van der Waals surface area contributed by atoms with Crippen LogP contribution in [0.3, 0.4) is 0 Å². The molecular formula is C54H92O2. The molecule has 0 aromatic rings. The van der Waals surface area contributed by atoms with Gasteiger partial charge < -0.3 is 10.2 Å². The van der Waals surface area contributed by atoms with Crippen molar-refractivity contribution in [2.24, 2.45) is 105 Å². The Balaban J connectivity index is 1.02. The van der Waals surface area contributed by atoms with Gasteiger partial charge in [0, 0.05) is 11.3 Å². The zero-order valence-electron chi connectivity index (χ0n) is 38.7. The largest absolute Gasteiger partial charge is 0.392 e. The number of hydrogen-bond donors (Lipinski definition) is 2. The Morgan fingerprint density at radius 1 is 0.607 bits per heavy atom. The Kier molecular flexibility index (Phi) is 11.7. The second-order valence-electron chi connectivity index (χ2n) is 25.2. The Morgan fingerprint density at radius 3 is 1.77 bits per heavy atom. The van der Waals surface area contributed by atoms with Gasteiger partial charge in [0.05, 0.1) is 11.7 Å². The molecule has 7 fully saturated rings. The molecule has 2 heteroatoms. The van der Waals surface area contributed by atoms with Crippen LogP contribution in [0.25, 0.3) is 0 Å². The quantitative estimate of drug-likeness (QED) is 0.205. The van der Waals surface area contributed by atoms with Crippen LogP contribution in [0, 0.1) is 105 Å². The van der Waals surface area contributed by atoms with Crippen LogP contribution in [0.4, 0.5) is 0 Å². The molecule has 7 saturated carbocycles. The topological polar surface area (TPSA) is 40.5 Å². The number of aliphatic hydroxyl groups is 2. The van der Waals surface area contributed by atoms with Crippen molar-refractivity contribution in [2.45, 2.75) is 222 Å². The first-order chi connectivity index (χ1) is 26.5. The SMILES string of the molecule is CC(C)CCC[C@@H](C)[C@H]1CC[C@H]2[C@@H]3CC=C4CC(O)C(C5(O)CCCC6CC[C@H]7[C@@H]8CC[C@H]([C@H](C)CCCC(C)C)[C@@]8(C)CC[C@@H]7[C@]65C)C[C@]4(C)[C@H]3CC[C@]12C. The number of rotatable bonds is 11. The lowest BCUT2D eigenvalue weighted by atomic mass is 9.38. The summed E-state index contributed by atoms with van der Waals surface area (Å²) in [6, 6.07) is 0. The molecule has 18 atom stereocenters. The van der Waals surface area contributed by atoms with Gasteiger partial charge in [0.1, 0.15) is 0 Å². The highest BCUT2D eigenvalue weighted by Gasteiger charge is 2.70. The van der Waals surface area contributed by atoms with Crippen molar-refractivity contribution in [3.63, 3.8) is 0 Å². The minimum absolute atomic E-state index is 0.00572. The third-order valence-electron chi connectivity index (χ3n) is 22.1.